The first-order valence-corrected chi connectivity index (χ1v) is 14.1. The molecule has 0 radical (unpaired) electrons. The molecule has 0 aliphatic carbocycles. The van der Waals surface area contributed by atoms with Crippen LogP contribution in [0.25, 0.3) is 0 Å². The molecule has 8 heteroatoms. The Morgan fingerprint density at radius 2 is 1.62 bits per heavy atom. The van der Waals surface area contributed by atoms with Crippen LogP contribution in [0.5, 0.6) is 5.75 Å². The molecule has 0 bridgehead atoms. The molecule has 1 unspecified atom stereocenters. The van der Waals surface area contributed by atoms with Crippen molar-refractivity contribution in [3.05, 3.63) is 52.6 Å². The summed E-state index contributed by atoms with van der Waals surface area (Å²) in [7, 11) is 9.64. The number of halogens is 5. The van der Waals surface area contributed by atoms with Gasteiger partial charge in [-0.15, -0.1) is 0 Å². The second kappa shape index (κ2) is 9.57. The molecule has 2 aromatic carbocycles. The van der Waals surface area contributed by atoms with Crippen LogP contribution in [-0.2, 0) is 27.0 Å². The standard InChI is InChI=1S/C16H16F3OP.2ClH.Zr/c1-9-7-11(3)14(20)13(8-9)21-15-10(2)5-4-6-12(15)16(17,18)19;;;/h4-8,20-21H,1-3H3;2*1H;/q;;;+2/p-2. The molecule has 0 saturated heterocycles. The van der Waals surface area contributed by atoms with Gasteiger partial charge < -0.3 is 5.11 Å². The number of phenols is 1. The Morgan fingerprint density at radius 3 is 2.17 bits per heavy atom. The van der Waals surface area contributed by atoms with Crippen molar-refractivity contribution in [2.24, 2.45) is 0 Å². The number of rotatable bonds is 2. The summed E-state index contributed by atoms with van der Waals surface area (Å²) in [6, 6.07) is 7.72. The summed E-state index contributed by atoms with van der Waals surface area (Å²) in [5.74, 6) is 0.0790. The fourth-order valence-corrected chi connectivity index (χ4v) is 3.78. The van der Waals surface area contributed by atoms with Crippen molar-refractivity contribution < 1.29 is 39.1 Å². The number of hydrogen-bond donors (Lipinski definition) is 1. The van der Waals surface area contributed by atoms with Gasteiger partial charge in [0.15, 0.2) is 0 Å². The first-order valence-electron chi connectivity index (χ1n) is 6.82. The van der Waals surface area contributed by atoms with E-state index in [1.807, 2.05) is 13.0 Å². The molecule has 1 N–H and O–H groups in total. The van der Waals surface area contributed by atoms with Crippen molar-refractivity contribution in [2.75, 3.05) is 0 Å². The van der Waals surface area contributed by atoms with E-state index < -0.39 is 32.6 Å². The van der Waals surface area contributed by atoms with E-state index in [-0.39, 0.29) is 19.6 Å². The molecule has 0 aliphatic rings. The first kappa shape index (κ1) is 22.0. The molecule has 130 valence electrons. The summed E-state index contributed by atoms with van der Waals surface area (Å²) >= 11 is -0.826. The average molecular weight is 474 g/mol. The molecule has 0 spiro atoms. The Bertz CT molecular complexity index is 708. The van der Waals surface area contributed by atoms with Crippen LogP contribution in [0.3, 0.4) is 0 Å². The van der Waals surface area contributed by atoms with Crippen molar-refractivity contribution in [3.63, 3.8) is 0 Å². The molecule has 0 amide bonds. The van der Waals surface area contributed by atoms with Gasteiger partial charge in [0.2, 0.25) is 0 Å². The van der Waals surface area contributed by atoms with E-state index in [9.17, 15) is 18.3 Å². The van der Waals surface area contributed by atoms with Crippen LogP contribution in [0, 0.1) is 20.8 Å². The van der Waals surface area contributed by atoms with Crippen LogP contribution in [-0.4, -0.2) is 5.11 Å². The number of aryl methyl sites for hydroxylation is 3. The van der Waals surface area contributed by atoms with Crippen LogP contribution in [0.4, 0.5) is 13.2 Å². The van der Waals surface area contributed by atoms with Gasteiger partial charge in [-0.25, -0.2) is 0 Å². The number of alkyl halides is 3. The van der Waals surface area contributed by atoms with E-state index in [0.29, 0.717) is 16.4 Å². The van der Waals surface area contributed by atoms with Crippen LogP contribution in [0.1, 0.15) is 22.3 Å². The summed E-state index contributed by atoms with van der Waals surface area (Å²) in [6.45, 7) is 5.28. The number of phenolic OH excluding ortho intramolecular Hbond substituents is 1. The predicted octanol–water partition coefficient (Wildman–Crippen LogP) is 5.34. The zero-order valence-electron chi connectivity index (χ0n) is 13.2. The molecule has 1 nitrogen and oxygen atoms in total. The Labute approximate surface area is 160 Å². The van der Waals surface area contributed by atoms with Gasteiger partial charge in [0, 0.05) is 5.30 Å². The minimum atomic E-state index is -4.39. The van der Waals surface area contributed by atoms with Crippen molar-refractivity contribution in [1.29, 1.82) is 0 Å². The van der Waals surface area contributed by atoms with Gasteiger partial charge in [-0.05, 0) is 54.9 Å². The molecule has 24 heavy (non-hydrogen) atoms. The molecule has 2 rings (SSSR count). The van der Waals surface area contributed by atoms with Gasteiger partial charge in [-0.3, -0.25) is 0 Å². The van der Waals surface area contributed by atoms with Crippen molar-refractivity contribution in [1.82, 2.24) is 0 Å². The van der Waals surface area contributed by atoms with E-state index >= 15 is 0 Å². The summed E-state index contributed by atoms with van der Waals surface area (Å²) in [5.41, 5.74) is 1.57. The van der Waals surface area contributed by atoms with Gasteiger partial charge in [0.25, 0.3) is 0 Å². The molecular formula is C16H16Cl2F3OPZr. The molecule has 1 atom stereocenters. The third-order valence-corrected chi connectivity index (χ3v) is 4.85. The third-order valence-electron chi connectivity index (χ3n) is 3.28. The molecule has 2 aromatic rings. The maximum atomic E-state index is 13.1. The molecule has 0 fully saturated rings. The quantitative estimate of drug-likeness (QED) is 0.583. The minimum absolute atomic E-state index is 0.0790. The topological polar surface area (TPSA) is 20.2 Å². The summed E-state index contributed by atoms with van der Waals surface area (Å²) in [6.07, 6.45) is -4.39. The number of benzene rings is 2. The number of aromatic hydroxyl groups is 1. The van der Waals surface area contributed by atoms with Crippen molar-refractivity contribution >= 4 is 36.2 Å². The molecular weight excluding hydrogens is 458 g/mol. The van der Waals surface area contributed by atoms with Gasteiger partial charge >= 0.3 is 44.1 Å². The second-order valence-corrected chi connectivity index (χ2v) is 10.2. The van der Waals surface area contributed by atoms with Gasteiger partial charge in [0.1, 0.15) is 5.75 Å². The Balaban J connectivity index is 0.000000891. The van der Waals surface area contributed by atoms with E-state index in [0.717, 1.165) is 11.6 Å². The zero-order valence-corrected chi connectivity index (χ0v) is 18.2. The first-order chi connectivity index (χ1) is 11.1. The van der Waals surface area contributed by atoms with Gasteiger partial charge in [0.05, 0.1) is 5.56 Å². The molecule has 0 aromatic heterocycles. The van der Waals surface area contributed by atoms with Crippen molar-refractivity contribution in [2.45, 2.75) is 26.9 Å². The van der Waals surface area contributed by atoms with Gasteiger partial charge in [-0.1, -0.05) is 26.8 Å². The zero-order chi connectivity index (χ0) is 18.5. The monoisotopic (exact) mass is 472 g/mol. The van der Waals surface area contributed by atoms with E-state index in [1.165, 1.54) is 6.07 Å². The Hall–Kier alpha value is -0.0769. The third kappa shape index (κ3) is 6.02. The summed E-state index contributed by atoms with van der Waals surface area (Å²) < 4.78 is 39.4. The summed E-state index contributed by atoms with van der Waals surface area (Å²) in [4.78, 5) is 0. The SMILES string of the molecule is Cc1cc(C)c(O)c(Pc2c(C)cccc2C(F)(F)F)c1.[Cl][Zr][Cl]. The molecule has 0 saturated carbocycles. The maximum absolute atomic E-state index is 13.1. The molecule has 0 heterocycles. The van der Waals surface area contributed by atoms with E-state index in [4.69, 9.17) is 17.0 Å². The fourth-order valence-electron chi connectivity index (χ4n) is 2.26. The van der Waals surface area contributed by atoms with Crippen LogP contribution >= 0.6 is 25.6 Å². The van der Waals surface area contributed by atoms with Crippen LogP contribution < -0.4 is 10.6 Å². The fraction of sp³-hybridized carbons (Fsp3) is 0.250. The Morgan fingerprint density at radius 1 is 1.04 bits per heavy atom. The second-order valence-electron chi connectivity index (χ2n) is 5.17. The average Bonchev–Trinajstić information content (AvgIpc) is 2.46. The molecule has 0 aliphatic heterocycles. The predicted molar refractivity (Wildman–Crippen MR) is 93.1 cm³/mol. The Kier molecular flexibility index (Phi) is 8.76. The van der Waals surface area contributed by atoms with Crippen molar-refractivity contribution in [3.8, 4) is 5.75 Å². The van der Waals surface area contributed by atoms with Crippen LogP contribution in [0.15, 0.2) is 30.3 Å². The number of hydrogen-bond acceptors (Lipinski definition) is 1. The van der Waals surface area contributed by atoms with E-state index in [1.54, 1.807) is 26.0 Å². The van der Waals surface area contributed by atoms with Gasteiger partial charge in [-0.2, -0.15) is 13.2 Å². The summed E-state index contributed by atoms with van der Waals surface area (Å²) in [5, 5.41) is 10.9. The van der Waals surface area contributed by atoms with Crippen LogP contribution in [0.2, 0.25) is 0 Å². The van der Waals surface area contributed by atoms with E-state index in [2.05, 4.69) is 0 Å². The normalized spacial score (nSPS) is 11.3.